The van der Waals surface area contributed by atoms with E-state index in [9.17, 15) is 13.2 Å². The maximum absolute atomic E-state index is 12.7. The largest absolute Gasteiger partial charge is 0.405 e. The summed E-state index contributed by atoms with van der Waals surface area (Å²) < 4.78 is 38.0. The van der Waals surface area contributed by atoms with Crippen LogP contribution >= 0.6 is 0 Å². The van der Waals surface area contributed by atoms with Gasteiger partial charge in [0.15, 0.2) is 0 Å². The van der Waals surface area contributed by atoms with E-state index in [1.54, 1.807) is 11.9 Å². The number of alkyl halides is 3. The Kier molecular flexibility index (Phi) is 3.42. The highest BCUT2D eigenvalue weighted by atomic mass is 19.4. The van der Waals surface area contributed by atoms with Crippen molar-refractivity contribution in [3.8, 4) is 0 Å². The van der Waals surface area contributed by atoms with Crippen molar-refractivity contribution in [2.45, 2.75) is 32.1 Å². The van der Waals surface area contributed by atoms with Crippen molar-refractivity contribution in [3.63, 3.8) is 0 Å². The van der Waals surface area contributed by atoms with Gasteiger partial charge in [0, 0.05) is 25.7 Å². The van der Waals surface area contributed by atoms with Crippen molar-refractivity contribution in [3.05, 3.63) is 0 Å². The predicted molar refractivity (Wildman–Crippen MR) is 49.2 cm³/mol. The van der Waals surface area contributed by atoms with Gasteiger partial charge in [-0.2, -0.15) is 13.2 Å². The second-order valence-electron chi connectivity index (χ2n) is 4.15. The first-order valence-electron chi connectivity index (χ1n) is 4.83. The molecule has 0 aromatic carbocycles. The lowest BCUT2D eigenvalue weighted by Gasteiger charge is -2.42. The highest BCUT2D eigenvalue weighted by Crippen LogP contribution is 2.28. The molecule has 1 aliphatic heterocycles. The summed E-state index contributed by atoms with van der Waals surface area (Å²) >= 11 is 0. The zero-order valence-corrected chi connectivity index (χ0v) is 8.80. The van der Waals surface area contributed by atoms with E-state index in [1.165, 1.54) is 4.90 Å². The summed E-state index contributed by atoms with van der Waals surface area (Å²) in [5, 5.41) is 0. The minimum Gasteiger partial charge on any atom is -0.303 e. The van der Waals surface area contributed by atoms with Crippen LogP contribution in [0.5, 0.6) is 0 Å². The molecule has 1 aliphatic rings. The predicted octanol–water partition coefficient (Wildman–Crippen LogP) is 1.57. The van der Waals surface area contributed by atoms with Gasteiger partial charge in [-0.25, -0.2) is 0 Å². The molecular weight excluding hydrogens is 193 g/mol. The first-order chi connectivity index (χ1) is 6.32. The van der Waals surface area contributed by atoms with Crippen LogP contribution in [-0.4, -0.2) is 54.7 Å². The summed E-state index contributed by atoms with van der Waals surface area (Å²) in [5.41, 5.74) is 0. The number of likely N-dealkylation sites (N-methyl/N-ethyl adjacent to an activating group) is 1. The summed E-state index contributed by atoms with van der Waals surface area (Å²) in [4.78, 5) is 3.26. The van der Waals surface area contributed by atoms with Crippen LogP contribution < -0.4 is 0 Å². The SMILES string of the molecule is CC(C)N1CCN(C)C[C@@H]1C(F)(F)F. The van der Waals surface area contributed by atoms with E-state index in [1.807, 2.05) is 13.8 Å². The van der Waals surface area contributed by atoms with Gasteiger partial charge in [-0.15, -0.1) is 0 Å². The molecule has 0 N–H and O–H groups in total. The van der Waals surface area contributed by atoms with Gasteiger partial charge in [0.25, 0.3) is 0 Å². The molecule has 0 bridgehead atoms. The second-order valence-corrected chi connectivity index (χ2v) is 4.15. The molecule has 1 fully saturated rings. The Balaban J connectivity index is 2.74. The van der Waals surface area contributed by atoms with Gasteiger partial charge in [0.05, 0.1) is 0 Å². The average Bonchev–Trinajstić information content (AvgIpc) is 2.01. The number of halogens is 3. The maximum atomic E-state index is 12.7. The highest BCUT2D eigenvalue weighted by molar-refractivity contribution is 4.87. The molecule has 0 spiro atoms. The Morgan fingerprint density at radius 1 is 1.21 bits per heavy atom. The van der Waals surface area contributed by atoms with Gasteiger partial charge < -0.3 is 4.90 Å². The van der Waals surface area contributed by atoms with Crippen molar-refractivity contribution >= 4 is 0 Å². The molecule has 0 aromatic rings. The molecule has 2 nitrogen and oxygen atoms in total. The molecule has 0 aromatic heterocycles. The van der Waals surface area contributed by atoms with Gasteiger partial charge >= 0.3 is 6.18 Å². The standard InChI is InChI=1S/C9H17F3N2/c1-7(2)14-5-4-13(3)6-8(14)9(10,11)12/h7-8H,4-6H2,1-3H3/t8-/m1/s1. The molecule has 0 unspecified atom stereocenters. The maximum Gasteiger partial charge on any atom is 0.405 e. The fourth-order valence-electron chi connectivity index (χ4n) is 1.84. The van der Waals surface area contributed by atoms with Crippen molar-refractivity contribution in [1.29, 1.82) is 0 Å². The molecule has 1 heterocycles. The van der Waals surface area contributed by atoms with Crippen molar-refractivity contribution in [2.75, 3.05) is 26.7 Å². The van der Waals surface area contributed by atoms with Gasteiger partial charge in [0.1, 0.15) is 6.04 Å². The van der Waals surface area contributed by atoms with E-state index in [4.69, 9.17) is 0 Å². The molecule has 0 amide bonds. The summed E-state index contributed by atoms with van der Waals surface area (Å²) in [6.45, 7) is 4.92. The van der Waals surface area contributed by atoms with E-state index >= 15 is 0 Å². The van der Waals surface area contributed by atoms with E-state index in [-0.39, 0.29) is 12.6 Å². The van der Waals surface area contributed by atoms with E-state index in [2.05, 4.69) is 0 Å². The van der Waals surface area contributed by atoms with Crippen LogP contribution in [0.25, 0.3) is 0 Å². The van der Waals surface area contributed by atoms with Crippen molar-refractivity contribution in [2.24, 2.45) is 0 Å². The third-order valence-electron chi connectivity index (χ3n) is 2.67. The number of nitrogens with zero attached hydrogens (tertiary/aromatic N) is 2. The number of piperazine rings is 1. The third kappa shape index (κ3) is 2.60. The van der Waals surface area contributed by atoms with Crippen LogP contribution in [-0.2, 0) is 0 Å². The molecular formula is C9H17F3N2. The topological polar surface area (TPSA) is 6.48 Å². The normalized spacial score (nSPS) is 27.2. The minimum absolute atomic E-state index is 0.0460. The first kappa shape index (κ1) is 11.8. The van der Waals surface area contributed by atoms with E-state index in [0.29, 0.717) is 13.1 Å². The average molecular weight is 210 g/mol. The smallest absolute Gasteiger partial charge is 0.303 e. The van der Waals surface area contributed by atoms with Crippen LogP contribution in [0.3, 0.4) is 0 Å². The Labute approximate surface area is 82.7 Å². The zero-order chi connectivity index (χ0) is 10.9. The Morgan fingerprint density at radius 2 is 1.79 bits per heavy atom. The zero-order valence-electron chi connectivity index (χ0n) is 8.80. The lowest BCUT2D eigenvalue weighted by atomic mass is 10.1. The van der Waals surface area contributed by atoms with Gasteiger partial charge in [-0.1, -0.05) is 0 Å². The third-order valence-corrected chi connectivity index (χ3v) is 2.67. The lowest BCUT2D eigenvalue weighted by Crippen LogP contribution is -2.59. The lowest BCUT2D eigenvalue weighted by molar-refractivity contribution is -0.200. The Bertz CT molecular complexity index is 191. The van der Waals surface area contributed by atoms with Crippen LogP contribution in [0.1, 0.15) is 13.8 Å². The molecule has 1 saturated heterocycles. The van der Waals surface area contributed by atoms with Gasteiger partial charge in [0.2, 0.25) is 0 Å². The Hall–Kier alpha value is -0.290. The molecule has 1 atom stereocenters. The van der Waals surface area contributed by atoms with Crippen LogP contribution in [0.4, 0.5) is 13.2 Å². The fourth-order valence-corrected chi connectivity index (χ4v) is 1.84. The summed E-state index contributed by atoms with van der Waals surface area (Å²) in [6, 6.07) is -1.35. The fraction of sp³-hybridized carbons (Fsp3) is 1.00. The van der Waals surface area contributed by atoms with Crippen LogP contribution in [0, 0.1) is 0 Å². The van der Waals surface area contributed by atoms with Gasteiger partial charge in [-0.3, -0.25) is 4.90 Å². The summed E-state index contributed by atoms with van der Waals surface area (Å²) in [5.74, 6) is 0. The summed E-state index contributed by atoms with van der Waals surface area (Å²) in [7, 11) is 1.73. The molecule has 1 rings (SSSR count). The minimum atomic E-state index is -4.11. The van der Waals surface area contributed by atoms with Crippen LogP contribution in [0.15, 0.2) is 0 Å². The van der Waals surface area contributed by atoms with Crippen LogP contribution in [0.2, 0.25) is 0 Å². The number of hydrogen-bond donors (Lipinski definition) is 0. The molecule has 0 saturated carbocycles. The van der Waals surface area contributed by atoms with Gasteiger partial charge in [-0.05, 0) is 20.9 Å². The molecule has 0 radical (unpaired) electrons. The quantitative estimate of drug-likeness (QED) is 0.648. The molecule has 84 valence electrons. The number of hydrogen-bond acceptors (Lipinski definition) is 2. The second kappa shape index (κ2) is 4.06. The van der Waals surface area contributed by atoms with Crippen molar-refractivity contribution < 1.29 is 13.2 Å². The molecule has 0 aliphatic carbocycles. The number of rotatable bonds is 1. The molecule has 5 heteroatoms. The molecule has 14 heavy (non-hydrogen) atoms. The van der Waals surface area contributed by atoms with Crippen molar-refractivity contribution in [1.82, 2.24) is 9.80 Å². The highest BCUT2D eigenvalue weighted by Gasteiger charge is 2.46. The Morgan fingerprint density at radius 3 is 2.21 bits per heavy atom. The van der Waals surface area contributed by atoms with E-state index in [0.717, 1.165) is 0 Å². The summed E-state index contributed by atoms with van der Waals surface area (Å²) in [6.07, 6.45) is -4.11. The van der Waals surface area contributed by atoms with E-state index < -0.39 is 12.2 Å². The monoisotopic (exact) mass is 210 g/mol. The first-order valence-corrected chi connectivity index (χ1v) is 4.83.